The Labute approximate surface area is 157 Å². The molecular weight excluding hydrogens is 358 g/mol. The van der Waals surface area contributed by atoms with Crippen molar-refractivity contribution in [1.29, 1.82) is 0 Å². The maximum absolute atomic E-state index is 12.9. The van der Waals surface area contributed by atoms with Crippen LogP contribution in [-0.4, -0.2) is 76.9 Å². The molecule has 0 aliphatic carbocycles. The van der Waals surface area contributed by atoms with Gasteiger partial charge in [-0.25, -0.2) is 0 Å². The van der Waals surface area contributed by atoms with Gasteiger partial charge in [0.25, 0.3) is 0 Å². The van der Waals surface area contributed by atoms with E-state index in [2.05, 4.69) is 5.32 Å². The number of thioether (sulfide) groups is 1. The number of nitrogens with zero attached hydrogens (tertiary/aromatic N) is 2. The Kier molecular flexibility index (Phi) is 6.05. The minimum Gasteiger partial charge on any atom is -0.466 e. The standard InChI is InChI=1S/C17H25N3O5S/c1-2-25-17(24)11-5-7-19(8-6-11)16(23)13-9-26-10-20(13)15(22)12-3-4-14(21)18-12/h11-13H,2-10H2,1H3,(H,18,21)/t12?,13-/m1/s1. The van der Waals surface area contributed by atoms with Gasteiger partial charge in [0.05, 0.1) is 18.4 Å². The van der Waals surface area contributed by atoms with E-state index in [4.69, 9.17) is 4.74 Å². The summed E-state index contributed by atoms with van der Waals surface area (Å²) in [7, 11) is 0. The van der Waals surface area contributed by atoms with Crippen LogP contribution in [0.1, 0.15) is 32.6 Å². The number of rotatable bonds is 4. The summed E-state index contributed by atoms with van der Waals surface area (Å²) in [6.45, 7) is 3.16. The molecule has 1 N–H and O–H groups in total. The van der Waals surface area contributed by atoms with Crippen molar-refractivity contribution in [3.63, 3.8) is 0 Å². The summed E-state index contributed by atoms with van der Waals surface area (Å²) in [5.74, 6) is 0.368. The van der Waals surface area contributed by atoms with E-state index in [1.54, 1.807) is 28.5 Å². The second-order valence-electron chi connectivity index (χ2n) is 6.83. The summed E-state index contributed by atoms with van der Waals surface area (Å²) in [6.07, 6.45) is 2.04. The zero-order valence-corrected chi connectivity index (χ0v) is 15.8. The van der Waals surface area contributed by atoms with Crippen molar-refractivity contribution in [1.82, 2.24) is 15.1 Å². The first-order valence-electron chi connectivity index (χ1n) is 9.14. The number of amides is 3. The van der Waals surface area contributed by atoms with Crippen LogP contribution in [0.4, 0.5) is 0 Å². The van der Waals surface area contributed by atoms with Gasteiger partial charge >= 0.3 is 5.97 Å². The van der Waals surface area contributed by atoms with Gasteiger partial charge < -0.3 is 19.9 Å². The van der Waals surface area contributed by atoms with Gasteiger partial charge in [-0.3, -0.25) is 19.2 Å². The van der Waals surface area contributed by atoms with Gasteiger partial charge in [-0.15, -0.1) is 11.8 Å². The smallest absolute Gasteiger partial charge is 0.309 e. The first-order chi connectivity index (χ1) is 12.5. The van der Waals surface area contributed by atoms with Crippen molar-refractivity contribution in [2.24, 2.45) is 5.92 Å². The highest BCUT2D eigenvalue weighted by Crippen LogP contribution is 2.27. The number of piperidine rings is 1. The van der Waals surface area contributed by atoms with Crippen molar-refractivity contribution in [2.75, 3.05) is 31.3 Å². The third-order valence-electron chi connectivity index (χ3n) is 5.17. The Morgan fingerprint density at radius 3 is 2.54 bits per heavy atom. The molecule has 0 spiro atoms. The second-order valence-corrected chi connectivity index (χ2v) is 7.83. The first kappa shape index (κ1) is 19.0. The number of hydrogen-bond acceptors (Lipinski definition) is 6. The molecule has 3 aliphatic heterocycles. The lowest BCUT2D eigenvalue weighted by atomic mass is 9.96. The Morgan fingerprint density at radius 1 is 1.19 bits per heavy atom. The average molecular weight is 383 g/mol. The zero-order valence-electron chi connectivity index (χ0n) is 14.9. The molecule has 0 radical (unpaired) electrons. The lowest BCUT2D eigenvalue weighted by molar-refractivity contribution is -0.152. The van der Waals surface area contributed by atoms with E-state index in [-0.39, 0.29) is 29.6 Å². The number of nitrogens with one attached hydrogen (secondary N) is 1. The second kappa shape index (κ2) is 8.28. The minimum absolute atomic E-state index is 0.0602. The molecule has 3 rings (SSSR count). The molecule has 9 heteroatoms. The van der Waals surface area contributed by atoms with Crippen molar-refractivity contribution >= 4 is 35.5 Å². The van der Waals surface area contributed by atoms with Gasteiger partial charge in [0.1, 0.15) is 12.1 Å². The summed E-state index contributed by atoms with van der Waals surface area (Å²) in [6, 6.07) is -0.991. The third-order valence-corrected chi connectivity index (χ3v) is 6.18. The predicted octanol–water partition coefficient (Wildman–Crippen LogP) is -0.0318. The highest BCUT2D eigenvalue weighted by atomic mass is 32.2. The fraction of sp³-hybridized carbons (Fsp3) is 0.765. The largest absolute Gasteiger partial charge is 0.466 e. The zero-order chi connectivity index (χ0) is 18.7. The van der Waals surface area contributed by atoms with Crippen LogP contribution in [0.5, 0.6) is 0 Å². The SMILES string of the molecule is CCOC(=O)C1CCN(C(=O)[C@H]2CSCN2C(=O)C2CCC(=O)N2)CC1. The summed E-state index contributed by atoms with van der Waals surface area (Å²) in [4.78, 5) is 52.1. The Balaban J connectivity index is 1.56. The maximum Gasteiger partial charge on any atom is 0.309 e. The number of esters is 1. The topological polar surface area (TPSA) is 96.0 Å². The van der Waals surface area contributed by atoms with Gasteiger partial charge in [0, 0.05) is 25.3 Å². The number of likely N-dealkylation sites (tertiary alicyclic amines) is 1. The van der Waals surface area contributed by atoms with Gasteiger partial charge in [-0.2, -0.15) is 0 Å². The van der Waals surface area contributed by atoms with E-state index in [1.807, 2.05) is 0 Å². The van der Waals surface area contributed by atoms with Gasteiger partial charge in [-0.1, -0.05) is 0 Å². The highest BCUT2D eigenvalue weighted by Gasteiger charge is 2.42. The van der Waals surface area contributed by atoms with Crippen molar-refractivity contribution < 1.29 is 23.9 Å². The van der Waals surface area contributed by atoms with Crippen LogP contribution >= 0.6 is 11.8 Å². The van der Waals surface area contributed by atoms with Crippen LogP contribution in [0.3, 0.4) is 0 Å². The van der Waals surface area contributed by atoms with Crippen molar-refractivity contribution in [3.05, 3.63) is 0 Å². The Bertz CT molecular complexity index is 591. The summed E-state index contributed by atoms with van der Waals surface area (Å²) in [5.41, 5.74) is 0. The summed E-state index contributed by atoms with van der Waals surface area (Å²) < 4.78 is 5.06. The molecule has 3 amide bonds. The average Bonchev–Trinajstić information content (AvgIpc) is 3.30. The molecule has 3 fully saturated rings. The molecule has 0 aromatic rings. The van der Waals surface area contributed by atoms with E-state index < -0.39 is 12.1 Å². The van der Waals surface area contributed by atoms with Crippen LogP contribution in [-0.2, 0) is 23.9 Å². The molecule has 26 heavy (non-hydrogen) atoms. The van der Waals surface area contributed by atoms with Crippen molar-refractivity contribution in [3.8, 4) is 0 Å². The Morgan fingerprint density at radius 2 is 1.92 bits per heavy atom. The van der Waals surface area contributed by atoms with Gasteiger partial charge in [-0.05, 0) is 26.2 Å². The molecule has 3 heterocycles. The predicted molar refractivity (Wildman–Crippen MR) is 95.1 cm³/mol. The molecular formula is C17H25N3O5S. The van der Waals surface area contributed by atoms with E-state index >= 15 is 0 Å². The van der Waals surface area contributed by atoms with Crippen molar-refractivity contribution in [2.45, 2.75) is 44.7 Å². The number of ether oxygens (including phenoxy) is 1. The van der Waals surface area contributed by atoms with E-state index in [0.29, 0.717) is 57.0 Å². The Hall–Kier alpha value is -1.77. The molecule has 3 saturated heterocycles. The number of carbonyl (C=O) groups is 4. The van der Waals surface area contributed by atoms with Crippen LogP contribution in [0.2, 0.25) is 0 Å². The maximum atomic E-state index is 12.9. The fourth-order valence-corrected chi connectivity index (χ4v) is 4.83. The lowest BCUT2D eigenvalue weighted by Gasteiger charge is -2.35. The van der Waals surface area contributed by atoms with Crippen LogP contribution in [0.25, 0.3) is 0 Å². The normalized spacial score (nSPS) is 26.7. The molecule has 2 atom stereocenters. The molecule has 144 valence electrons. The fourth-order valence-electron chi connectivity index (χ4n) is 3.67. The van der Waals surface area contributed by atoms with E-state index in [9.17, 15) is 19.2 Å². The van der Waals surface area contributed by atoms with Gasteiger partial charge in [0.2, 0.25) is 17.7 Å². The molecule has 0 aromatic heterocycles. The molecule has 0 aromatic carbocycles. The quantitative estimate of drug-likeness (QED) is 0.685. The molecule has 1 unspecified atom stereocenters. The number of hydrogen-bond donors (Lipinski definition) is 1. The van der Waals surface area contributed by atoms with E-state index in [0.717, 1.165) is 0 Å². The molecule has 0 bridgehead atoms. The minimum atomic E-state index is -0.508. The first-order valence-corrected chi connectivity index (χ1v) is 10.3. The summed E-state index contributed by atoms with van der Waals surface area (Å²) >= 11 is 1.55. The van der Waals surface area contributed by atoms with Gasteiger partial charge in [0.15, 0.2) is 0 Å². The molecule has 0 saturated carbocycles. The highest BCUT2D eigenvalue weighted by molar-refractivity contribution is 7.99. The molecule has 8 nitrogen and oxygen atoms in total. The number of carbonyl (C=O) groups excluding carboxylic acids is 4. The van der Waals surface area contributed by atoms with Crippen LogP contribution < -0.4 is 5.32 Å². The van der Waals surface area contributed by atoms with E-state index in [1.165, 1.54) is 0 Å². The monoisotopic (exact) mass is 383 g/mol. The third kappa shape index (κ3) is 3.97. The van der Waals surface area contributed by atoms with Crippen LogP contribution in [0.15, 0.2) is 0 Å². The summed E-state index contributed by atoms with van der Waals surface area (Å²) in [5, 5.41) is 2.68. The lowest BCUT2D eigenvalue weighted by Crippen LogP contribution is -2.54. The molecule has 3 aliphatic rings. The van der Waals surface area contributed by atoms with Crippen LogP contribution in [0, 0.1) is 5.92 Å².